The fraction of sp³-hybridized carbons (Fsp3) is 0.434. The predicted molar refractivity (Wildman–Crippen MR) is 298 cm³/mol. The lowest BCUT2D eigenvalue weighted by atomic mass is 9.85. The van der Waals surface area contributed by atoms with Crippen LogP contribution in [0.1, 0.15) is 103 Å². The number of carbonyl (C=O) groups excluding carboxylic acids is 8. The average molecular weight is 1140 g/mol. The minimum Gasteiger partial charge on any atom is -0.368 e. The van der Waals surface area contributed by atoms with Crippen LogP contribution in [0, 0.1) is 33.1 Å². The Balaban J connectivity index is 1.05. The van der Waals surface area contributed by atoms with Crippen molar-refractivity contribution < 1.29 is 38.4 Å². The Morgan fingerprint density at radius 1 is 0.872 bits per heavy atom. The lowest BCUT2D eigenvalue weighted by Crippen LogP contribution is -2.58. The van der Waals surface area contributed by atoms with Crippen molar-refractivity contribution in [2.75, 3.05) is 31.1 Å². The van der Waals surface area contributed by atoms with E-state index < -0.39 is 95.5 Å². The van der Waals surface area contributed by atoms with Crippen LogP contribution in [0.25, 0.3) is 15.4 Å². The first kappa shape index (κ1) is 57.2. The van der Waals surface area contributed by atoms with Crippen LogP contribution < -0.4 is 37.6 Å². The summed E-state index contributed by atoms with van der Waals surface area (Å²) < 4.78 is 1.89. The third kappa shape index (κ3) is 12.9. The molecule has 78 heavy (non-hydrogen) atoms. The number of benzene rings is 2. The van der Waals surface area contributed by atoms with Gasteiger partial charge < -0.3 is 42.5 Å². The molecular weight excluding hydrogens is 1080 g/mol. The Morgan fingerprint density at radius 3 is 2.27 bits per heavy atom. The molecule has 8 N–H and O–H groups in total. The fourth-order valence-electron chi connectivity index (χ4n) is 9.47. The van der Waals surface area contributed by atoms with Crippen LogP contribution in [-0.4, -0.2) is 133 Å². The molecule has 2 aromatic carbocycles. The summed E-state index contributed by atoms with van der Waals surface area (Å²) >= 11 is 10.3. The van der Waals surface area contributed by atoms with Crippen LogP contribution in [0.2, 0.25) is 5.02 Å². The lowest BCUT2D eigenvalue weighted by molar-refractivity contribution is -0.144. The Morgan fingerprint density at radius 2 is 1.59 bits per heavy atom. The van der Waals surface area contributed by atoms with Crippen molar-refractivity contribution >= 4 is 99.0 Å². The second kappa shape index (κ2) is 24.3. The molecule has 2 fully saturated rings. The van der Waals surface area contributed by atoms with E-state index in [2.05, 4.69) is 47.1 Å². The Hall–Kier alpha value is -7.02. The number of thiophene rings is 1. The first-order valence-corrected chi connectivity index (χ1v) is 28.6. The molecule has 3 aliphatic rings. The number of nitrogens with two attached hydrogens (primary N) is 1. The highest BCUT2D eigenvalue weighted by Crippen LogP contribution is 2.40. The lowest BCUT2D eigenvalue weighted by Gasteiger charge is -2.35. The molecule has 21 nitrogen and oxygen atoms in total. The van der Waals surface area contributed by atoms with Gasteiger partial charge in [-0.1, -0.05) is 68.8 Å². The summed E-state index contributed by atoms with van der Waals surface area (Å²) in [5.41, 5.74) is 12.0. The van der Waals surface area contributed by atoms with Gasteiger partial charge in [0.25, 0.3) is 0 Å². The van der Waals surface area contributed by atoms with Gasteiger partial charge in [0.05, 0.1) is 34.0 Å². The highest BCUT2D eigenvalue weighted by molar-refractivity contribution is 8.00. The monoisotopic (exact) mass is 1140 g/mol. The topological polar surface area (TPSA) is 294 Å². The predicted octanol–water partition coefficient (Wildman–Crippen LogP) is 3.83. The molecule has 0 saturated carbocycles. The van der Waals surface area contributed by atoms with Crippen molar-refractivity contribution in [1.29, 1.82) is 0 Å². The normalized spacial score (nSPS) is 22.2. The summed E-state index contributed by atoms with van der Waals surface area (Å²) in [6, 6.07) is 7.24. The number of aryl methyl sites for hydroxylation is 3. The maximum absolute atomic E-state index is 14.4. The van der Waals surface area contributed by atoms with E-state index in [1.165, 1.54) is 16.2 Å². The zero-order valence-electron chi connectivity index (χ0n) is 44.2. The van der Waals surface area contributed by atoms with Gasteiger partial charge in [-0.25, -0.2) is 4.98 Å². The van der Waals surface area contributed by atoms with Crippen molar-refractivity contribution in [2.45, 2.75) is 110 Å². The number of primary amides is 1. The average Bonchev–Trinajstić information content (AvgIpc) is 4.39. The van der Waals surface area contributed by atoms with Crippen molar-refractivity contribution in [1.82, 2.24) is 56.5 Å². The number of carbonyl (C=O) groups is 8. The molecule has 6 heterocycles. The molecule has 6 atom stereocenters. The van der Waals surface area contributed by atoms with Crippen molar-refractivity contribution in [3.05, 3.63) is 104 Å². The number of nitrogens with one attached hydrogen (secondary N) is 6. The summed E-state index contributed by atoms with van der Waals surface area (Å²) in [5, 5.41) is 26.6. The molecule has 3 aromatic heterocycles. The molecule has 2 saturated heterocycles. The van der Waals surface area contributed by atoms with Crippen LogP contribution in [0.3, 0.4) is 0 Å². The number of hydrogen-bond donors (Lipinski definition) is 7. The number of thiazole rings is 1. The molecule has 8 rings (SSSR count). The Kier molecular flexibility index (Phi) is 17.8. The van der Waals surface area contributed by atoms with E-state index in [0.717, 1.165) is 54.5 Å². The minimum atomic E-state index is -1.49. The second-order valence-electron chi connectivity index (χ2n) is 20.4. The number of nitrogens with zero attached hydrogens (tertiary/aromatic N) is 6. The van der Waals surface area contributed by atoms with E-state index in [0.29, 0.717) is 40.8 Å². The molecular formula is C53H62ClN13O8S3. The summed E-state index contributed by atoms with van der Waals surface area (Å²) in [6.07, 6.45) is 0.172. The number of thioether (sulfide) groups is 1. The number of amides is 8. The molecule has 0 spiro atoms. The summed E-state index contributed by atoms with van der Waals surface area (Å²) in [5.74, 6) is -4.82. The van der Waals surface area contributed by atoms with Gasteiger partial charge in [-0.3, -0.25) is 47.9 Å². The molecule has 8 amide bonds. The number of rotatable bonds is 8. The van der Waals surface area contributed by atoms with Gasteiger partial charge in [0, 0.05) is 52.8 Å². The molecule has 3 aliphatic heterocycles. The fourth-order valence-corrected chi connectivity index (χ4v) is 12.5. The van der Waals surface area contributed by atoms with Crippen LogP contribution >= 0.6 is 46.0 Å². The van der Waals surface area contributed by atoms with Gasteiger partial charge in [0.2, 0.25) is 47.3 Å². The van der Waals surface area contributed by atoms with Crippen molar-refractivity contribution in [2.24, 2.45) is 16.1 Å². The second-order valence-corrected chi connectivity index (χ2v) is 24.0. The number of halogens is 1. The SMILES string of the molecule is Cc1ncsc1-c1ccc(C2NC(=O)[C@@H]3CCCN3C(=O)C(C(C)(C)C)NC(=O)CSC[C@H](C(N)=O)NC(=O)[C@@H](CNC(=O)C[C@@H]3N=C(c4ccc(Cl)cc4)c4c(sc(C)c4C)-n4c(C)nnc43)NC(=O)CCNC2=O)cc1. The van der Waals surface area contributed by atoms with E-state index in [9.17, 15) is 38.4 Å². The number of fused-ring (bicyclic) bond motifs is 4. The number of hydrogen-bond acceptors (Lipinski definition) is 15. The third-order valence-electron chi connectivity index (χ3n) is 13.8. The highest BCUT2D eigenvalue weighted by atomic mass is 35.5. The summed E-state index contributed by atoms with van der Waals surface area (Å²) in [7, 11) is 0. The first-order chi connectivity index (χ1) is 37.1. The number of aromatic nitrogens is 4. The maximum Gasteiger partial charge on any atom is 0.247 e. The largest absolute Gasteiger partial charge is 0.368 e. The maximum atomic E-state index is 14.4. The third-order valence-corrected chi connectivity index (χ3v) is 17.2. The van der Waals surface area contributed by atoms with Gasteiger partial charge in [-0.05, 0) is 74.8 Å². The molecule has 0 bridgehead atoms. The first-order valence-electron chi connectivity index (χ1n) is 25.4. The van der Waals surface area contributed by atoms with Crippen LogP contribution in [-0.2, 0) is 38.4 Å². The Labute approximate surface area is 468 Å². The summed E-state index contributed by atoms with van der Waals surface area (Å²) in [4.78, 5) is 124. The smallest absolute Gasteiger partial charge is 0.247 e. The van der Waals surface area contributed by atoms with Crippen LogP contribution in [0.5, 0.6) is 0 Å². The van der Waals surface area contributed by atoms with Gasteiger partial charge in [0.1, 0.15) is 47.1 Å². The molecule has 25 heteroatoms. The van der Waals surface area contributed by atoms with Gasteiger partial charge in [-0.15, -0.1) is 44.6 Å². The molecule has 412 valence electrons. The molecule has 0 aliphatic carbocycles. The van der Waals surface area contributed by atoms with Crippen LogP contribution in [0.4, 0.5) is 0 Å². The number of aliphatic imine (C=N–C) groups is 1. The highest BCUT2D eigenvalue weighted by Gasteiger charge is 2.43. The quantitative estimate of drug-likeness (QED) is 0.117. The summed E-state index contributed by atoms with van der Waals surface area (Å²) in [6.45, 7) is 12.6. The van der Waals surface area contributed by atoms with Gasteiger partial charge >= 0.3 is 0 Å². The zero-order valence-corrected chi connectivity index (χ0v) is 47.4. The zero-order chi connectivity index (χ0) is 56.2. The standard InChI is InChI=1S/C53H62ClN13O8S3/c1-26-28(3)78-52-41(26)42(30-14-16-33(54)17-15-30)60-34(47-65-64-29(4)67(47)52)21-39(69)57-22-35-48(72)61-36(46(55)71)23-76-24-40(70)62-45(53(5,6)7)51(75)66-20-8-9-37(66)49(73)63-43(50(74)56-19-18-38(68)59-35)31-10-12-32(13-11-31)44-27(2)58-25-77-44/h10-17,25,34-37,43,45H,8-9,18-24H2,1-7H3,(H2,55,71)(H,56,74)(H,57,69)(H,59,68)(H,61,72)(H,62,70)(H,63,73)/t34-,35+,36+,37-,43?,45?/m0/s1. The van der Waals surface area contributed by atoms with Crippen molar-refractivity contribution in [3.8, 4) is 15.4 Å². The van der Waals surface area contributed by atoms with Crippen LogP contribution in [0.15, 0.2) is 59.0 Å². The van der Waals surface area contributed by atoms with Gasteiger partial charge in [-0.2, -0.15) is 0 Å². The molecule has 2 unspecified atom stereocenters. The van der Waals surface area contributed by atoms with E-state index in [1.807, 2.05) is 56.5 Å². The van der Waals surface area contributed by atoms with E-state index in [1.54, 1.807) is 61.9 Å². The van der Waals surface area contributed by atoms with E-state index in [4.69, 9.17) is 22.3 Å². The molecule has 0 radical (unpaired) electrons. The molecule has 5 aromatic rings. The van der Waals surface area contributed by atoms with E-state index >= 15 is 0 Å². The van der Waals surface area contributed by atoms with E-state index in [-0.39, 0.29) is 37.4 Å². The Bertz CT molecular complexity index is 3170. The van der Waals surface area contributed by atoms with Gasteiger partial charge in [0.15, 0.2) is 5.82 Å². The minimum absolute atomic E-state index is 0.176. The van der Waals surface area contributed by atoms with Crippen molar-refractivity contribution in [3.63, 3.8) is 0 Å².